The topological polar surface area (TPSA) is 22.1 Å². The lowest BCUT2D eigenvalue weighted by Gasteiger charge is -2.24. The molecule has 0 atom stereocenters. The predicted octanol–water partition coefficient (Wildman–Crippen LogP) is 3.12. The molecule has 2 nitrogen and oxygen atoms in total. The zero-order valence-electron chi connectivity index (χ0n) is 8.88. The number of hydrogen-bond acceptors (Lipinski definition) is 3. The van der Waals surface area contributed by atoms with Crippen molar-refractivity contribution in [2.75, 3.05) is 7.11 Å². The normalized spacial score (nSPS) is 20.1. The van der Waals surface area contributed by atoms with Gasteiger partial charge in [-0.15, -0.1) is 11.3 Å². The van der Waals surface area contributed by atoms with E-state index in [0.717, 1.165) is 19.3 Å². The summed E-state index contributed by atoms with van der Waals surface area (Å²) in [5.41, 5.74) is -0.0436. The molecule has 1 aliphatic carbocycles. The minimum absolute atomic E-state index is 0.0436. The highest BCUT2D eigenvalue weighted by atomic mass is 32.1. The van der Waals surface area contributed by atoms with Crippen LogP contribution in [0, 0.1) is 0 Å². The molecular weight excluding hydrogens is 194 g/mol. The van der Waals surface area contributed by atoms with Gasteiger partial charge in [-0.25, -0.2) is 4.98 Å². The monoisotopic (exact) mass is 211 g/mol. The lowest BCUT2D eigenvalue weighted by Crippen LogP contribution is -2.23. The van der Waals surface area contributed by atoms with Crippen molar-refractivity contribution in [3.8, 4) is 0 Å². The van der Waals surface area contributed by atoms with Crippen molar-refractivity contribution in [1.29, 1.82) is 0 Å². The Labute approximate surface area is 89.3 Å². The molecule has 1 aromatic rings. The summed E-state index contributed by atoms with van der Waals surface area (Å²) in [5.74, 6) is 0. The summed E-state index contributed by atoms with van der Waals surface area (Å²) in [4.78, 5) is 5.87. The molecule has 0 spiro atoms. The maximum Gasteiger partial charge on any atom is 0.125 e. The van der Waals surface area contributed by atoms with Crippen molar-refractivity contribution >= 4 is 11.3 Å². The Morgan fingerprint density at radius 2 is 2.21 bits per heavy atom. The first-order valence-electron chi connectivity index (χ1n) is 5.31. The Hall–Kier alpha value is -0.410. The van der Waals surface area contributed by atoms with Gasteiger partial charge in [0.1, 0.15) is 10.6 Å². The summed E-state index contributed by atoms with van der Waals surface area (Å²) in [6.45, 7) is 2.17. The van der Waals surface area contributed by atoms with E-state index < -0.39 is 0 Å². The van der Waals surface area contributed by atoms with Gasteiger partial charge in [-0.05, 0) is 19.3 Å². The molecule has 1 fully saturated rings. The summed E-state index contributed by atoms with van der Waals surface area (Å²) in [5, 5.41) is 1.19. The molecule has 0 unspecified atom stereocenters. The molecule has 0 bridgehead atoms. The van der Waals surface area contributed by atoms with Gasteiger partial charge in [0, 0.05) is 18.2 Å². The Balaban J connectivity index is 2.26. The number of nitrogens with zero attached hydrogens (tertiary/aromatic N) is 1. The van der Waals surface area contributed by atoms with Crippen molar-refractivity contribution in [3.63, 3.8) is 0 Å². The zero-order chi connectivity index (χ0) is 10.0. The van der Waals surface area contributed by atoms with Crippen molar-refractivity contribution in [2.45, 2.75) is 44.6 Å². The molecule has 1 aliphatic rings. The average Bonchev–Trinajstić information content (AvgIpc) is 2.87. The summed E-state index contributed by atoms with van der Waals surface area (Å²) in [7, 11) is 1.82. The first-order chi connectivity index (χ1) is 6.80. The summed E-state index contributed by atoms with van der Waals surface area (Å²) in [6.07, 6.45) is 7.90. The zero-order valence-corrected chi connectivity index (χ0v) is 9.69. The van der Waals surface area contributed by atoms with E-state index in [2.05, 4.69) is 11.9 Å². The standard InChI is InChI=1S/C11H17NOS/c1-3-9-8-12-10(14-9)11(13-2)6-4-5-7-11/h8H,3-7H2,1-2H3. The van der Waals surface area contributed by atoms with Gasteiger partial charge in [0.2, 0.25) is 0 Å². The third-order valence-corrected chi connectivity index (χ3v) is 4.42. The maximum absolute atomic E-state index is 5.69. The van der Waals surface area contributed by atoms with Crippen LogP contribution in [0.4, 0.5) is 0 Å². The van der Waals surface area contributed by atoms with Gasteiger partial charge >= 0.3 is 0 Å². The van der Waals surface area contributed by atoms with Crippen LogP contribution in [0.2, 0.25) is 0 Å². The van der Waals surface area contributed by atoms with Crippen LogP contribution in [0.1, 0.15) is 42.5 Å². The number of aryl methyl sites for hydroxylation is 1. The molecule has 78 valence electrons. The Kier molecular flexibility index (Phi) is 2.88. The van der Waals surface area contributed by atoms with E-state index in [9.17, 15) is 0 Å². The molecule has 1 saturated carbocycles. The van der Waals surface area contributed by atoms with Gasteiger partial charge < -0.3 is 4.74 Å². The van der Waals surface area contributed by atoms with Crippen molar-refractivity contribution in [1.82, 2.24) is 4.98 Å². The molecule has 1 heterocycles. The van der Waals surface area contributed by atoms with E-state index in [0.29, 0.717) is 0 Å². The van der Waals surface area contributed by atoms with Crippen LogP contribution in [-0.4, -0.2) is 12.1 Å². The van der Waals surface area contributed by atoms with Gasteiger partial charge in [0.05, 0.1) is 0 Å². The fraction of sp³-hybridized carbons (Fsp3) is 0.727. The lowest BCUT2D eigenvalue weighted by atomic mass is 10.0. The molecular formula is C11H17NOS. The third-order valence-electron chi connectivity index (χ3n) is 3.09. The Bertz CT molecular complexity index is 302. The first-order valence-corrected chi connectivity index (χ1v) is 6.13. The van der Waals surface area contributed by atoms with E-state index in [1.165, 1.54) is 22.7 Å². The van der Waals surface area contributed by atoms with E-state index in [1.807, 2.05) is 24.6 Å². The predicted molar refractivity (Wildman–Crippen MR) is 58.6 cm³/mol. The highest BCUT2D eigenvalue weighted by Crippen LogP contribution is 2.43. The molecule has 0 radical (unpaired) electrons. The summed E-state index contributed by atoms with van der Waals surface area (Å²) < 4.78 is 5.69. The van der Waals surface area contributed by atoms with Crippen LogP contribution < -0.4 is 0 Å². The minimum atomic E-state index is -0.0436. The van der Waals surface area contributed by atoms with Gasteiger partial charge in [-0.2, -0.15) is 0 Å². The van der Waals surface area contributed by atoms with Gasteiger partial charge in [0.25, 0.3) is 0 Å². The molecule has 0 saturated heterocycles. The molecule has 0 aliphatic heterocycles. The molecule has 2 rings (SSSR count). The number of ether oxygens (including phenoxy) is 1. The average molecular weight is 211 g/mol. The van der Waals surface area contributed by atoms with E-state index in [-0.39, 0.29) is 5.60 Å². The number of hydrogen-bond donors (Lipinski definition) is 0. The van der Waals surface area contributed by atoms with Crippen LogP contribution in [-0.2, 0) is 16.8 Å². The van der Waals surface area contributed by atoms with Crippen molar-refractivity contribution in [3.05, 3.63) is 16.1 Å². The highest BCUT2D eigenvalue weighted by Gasteiger charge is 2.38. The van der Waals surface area contributed by atoms with Crippen LogP contribution in [0.5, 0.6) is 0 Å². The van der Waals surface area contributed by atoms with Crippen LogP contribution >= 0.6 is 11.3 Å². The van der Waals surface area contributed by atoms with Crippen LogP contribution in [0.25, 0.3) is 0 Å². The van der Waals surface area contributed by atoms with E-state index in [4.69, 9.17) is 4.74 Å². The van der Waals surface area contributed by atoms with Crippen molar-refractivity contribution in [2.24, 2.45) is 0 Å². The van der Waals surface area contributed by atoms with E-state index >= 15 is 0 Å². The SMILES string of the molecule is CCc1cnc(C2(OC)CCCC2)s1. The van der Waals surface area contributed by atoms with Crippen molar-refractivity contribution < 1.29 is 4.74 Å². The molecule has 0 amide bonds. The quantitative estimate of drug-likeness (QED) is 0.766. The second kappa shape index (κ2) is 3.99. The van der Waals surface area contributed by atoms with Crippen LogP contribution in [0.3, 0.4) is 0 Å². The smallest absolute Gasteiger partial charge is 0.125 e. The molecule has 3 heteroatoms. The Morgan fingerprint density at radius 3 is 2.71 bits per heavy atom. The second-order valence-electron chi connectivity index (χ2n) is 3.89. The van der Waals surface area contributed by atoms with Gasteiger partial charge in [-0.1, -0.05) is 19.8 Å². The van der Waals surface area contributed by atoms with E-state index in [1.54, 1.807) is 0 Å². The van der Waals surface area contributed by atoms with Crippen LogP contribution in [0.15, 0.2) is 6.20 Å². The third kappa shape index (κ3) is 1.59. The number of methoxy groups -OCH3 is 1. The fourth-order valence-electron chi connectivity index (χ4n) is 2.13. The first kappa shape index (κ1) is 10.1. The molecule has 0 N–H and O–H groups in total. The second-order valence-corrected chi connectivity index (χ2v) is 5.01. The molecule has 14 heavy (non-hydrogen) atoms. The molecule has 0 aromatic carbocycles. The minimum Gasteiger partial charge on any atom is -0.371 e. The molecule has 1 aromatic heterocycles. The number of rotatable bonds is 3. The van der Waals surface area contributed by atoms with Gasteiger partial charge in [0.15, 0.2) is 0 Å². The summed E-state index contributed by atoms with van der Waals surface area (Å²) in [6, 6.07) is 0. The number of aromatic nitrogens is 1. The summed E-state index contributed by atoms with van der Waals surface area (Å²) >= 11 is 1.82. The largest absolute Gasteiger partial charge is 0.371 e. The number of thiazole rings is 1. The van der Waals surface area contributed by atoms with Gasteiger partial charge in [-0.3, -0.25) is 0 Å². The lowest BCUT2D eigenvalue weighted by molar-refractivity contribution is -0.00885. The maximum atomic E-state index is 5.69. The highest BCUT2D eigenvalue weighted by molar-refractivity contribution is 7.11. The Morgan fingerprint density at radius 1 is 1.50 bits per heavy atom. The fourth-order valence-corrected chi connectivity index (χ4v) is 3.21.